The normalized spacial score (nSPS) is 21.5. The molecule has 1 aromatic rings. The van der Waals surface area contributed by atoms with E-state index in [0.29, 0.717) is 11.4 Å². The van der Waals surface area contributed by atoms with Crippen LogP contribution in [-0.4, -0.2) is 6.04 Å². The molecule has 0 unspecified atom stereocenters. The van der Waals surface area contributed by atoms with Gasteiger partial charge in [0, 0.05) is 23.0 Å². The van der Waals surface area contributed by atoms with Crippen molar-refractivity contribution in [1.29, 1.82) is 0 Å². The number of rotatable bonds is 3. The van der Waals surface area contributed by atoms with E-state index in [0.717, 1.165) is 19.3 Å². The van der Waals surface area contributed by atoms with Gasteiger partial charge in [-0.2, -0.15) is 0 Å². The van der Waals surface area contributed by atoms with Gasteiger partial charge >= 0.3 is 0 Å². The molecule has 2 rings (SSSR count). The number of nitrogen functional groups attached to an aromatic ring is 1. The first-order valence-corrected chi connectivity index (χ1v) is 7.52. The molecule has 0 heterocycles. The van der Waals surface area contributed by atoms with E-state index < -0.39 is 6.43 Å². The molecule has 21 heavy (non-hydrogen) atoms. The molecule has 1 fully saturated rings. The first-order valence-electron chi connectivity index (χ1n) is 7.52. The SMILES string of the molecule is CC1(C)CC(Nc2ccc(N)cc2C(F)F)CC(C)(C)C1. The second-order valence-corrected chi connectivity index (χ2v) is 7.90. The predicted octanol–water partition coefficient (Wildman–Crippen LogP) is 5.22. The Labute approximate surface area is 126 Å². The zero-order valence-corrected chi connectivity index (χ0v) is 13.3. The second kappa shape index (κ2) is 5.47. The average Bonchev–Trinajstić information content (AvgIpc) is 2.27. The largest absolute Gasteiger partial charge is 0.399 e. The molecule has 1 aliphatic rings. The van der Waals surface area contributed by atoms with Gasteiger partial charge in [-0.3, -0.25) is 0 Å². The lowest BCUT2D eigenvalue weighted by molar-refractivity contribution is 0.105. The summed E-state index contributed by atoms with van der Waals surface area (Å²) in [5.41, 5.74) is 6.95. The van der Waals surface area contributed by atoms with Crippen molar-refractivity contribution in [3.8, 4) is 0 Å². The Morgan fingerprint density at radius 2 is 1.71 bits per heavy atom. The zero-order chi connectivity index (χ0) is 15.8. The van der Waals surface area contributed by atoms with E-state index in [1.165, 1.54) is 6.07 Å². The van der Waals surface area contributed by atoms with Crippen molar-refractivity contribution in [2.45, 2.75) is 59.4 Å². The van der Waals surface area contributed by atoms with Gasteiger partial charge in [-0.1, -0.05) is 27.7 Å². The Hall–Kier alpha value is -1.32. The highest BCUT2D eigenvalue weighted by Crippen LogP contribution is 2.46. The average molecular weight is 296 g/mol. The van der Waals surface area contributed by atoms with Crippen molar-refractivity contribution in [3.63, 3.8) is 0 Å². The van der Waals surface area contributed by atoms with Crippen LogP contribution in [0.3, 0.4) is 0 Å². The Balaban J connectivity index is 2.22. The molecule has 0 aliphatic heterocycles. The number of alkyl halides is 2. The molecule has 0 bridgehead atoms. The van der Waals surface area contributed by atoms with Gasteiger partial charge in [-0.05, 0) is 48.3 Å². The Kier molecular flexibility index (Phi) is 4.18. The number of benzene rings is 1. The van der Waals surface area contributed by atoms with Crippen LogP contribution in [-0.2, 0) is 0 Å². The van der Waals surface area contributed by atoms with Crippen molar-refractivity contribution in [3.05, 3.63) is 23.8 Å². The number of halogens is 2. The van der Waals surface area contributed by atoms with Crippen LogP contribution in [0.5, 0.6) is 0 Å². The molecule has 0 saturated heterocycles. The minimum atomic E-state index is -2.51. The van der Waals surface area contributed by atoms with Gasteiger partial charge in [-0.15, -0.1) is 0 Å². The fourth-order valence-corrected chi connectivity index (χ4v) is 4.06. The first kappa shape index (κ1) is 16.1. The van der Waals surface area contributed by atoms with Crippen molar-refractivity contribution in [1.82, 2.24) is 0 Å². The Bertz CT molecular complexity index is 494. The summed E-state index contributed by atoms with van der Waals surface area (Å²) in [5, 5.41) is 3.33. The molecule has 1 saturated carbocycles. The zero-order valence-electron chi connectivity index (χ0n) is 13.3. The lowest BCUT2D eigenvalue weighted by atomic mass is 9.63. The van der Waals surface area contributed by atoms with Crippen LogP contribution in [0, 0.1) is 10.8 Å². The molecule has 0 atom stereocenters. The van der Waals surface area contributed by atoms with Crippen LogP contribution >= 0.6 is 0 Å². The Morgan fingerprint density at radius 3 is 2.24 bits per heavy atom. The van der Waals surface area contributed by atoms with Crippen LogP contribution in [0.15, 0.2) is 18.2 Å². The molecule has 0 spiro atoms. The fourth-order valence-electron chi connectivity index (χ4n) is 4.06. The number of anilines is 2. The smallest absolute Gasteiger partial charge is 0.265 e. The van der Waals surface area contributed by atoms with E-state index in [1.807, 2.05) is 0 Å². The van der Waals surface area contributed by atoms with Gasteiger partial charge in [0.15, 0.2) is 0 Å². The standard InChI is InChI=1S/C17H26F2N2/c1-16(2)8-12(9-17(3,4)10-16)21-14-6-5-11(20)7-13(14)15(18)19/h5-7,12,15,21H,8-10,20H2,1-4H3. The van der Waals surface area contributed by atoms with Gasteiger partial charge in [0.25, 0.3) is 6.43 Å². The van der Waals surface area contributed by atoms with E-state index in [2.05, 4.69) is 33.0 Å². The molecular weight excluding hydrogens is 270 g/mol. The van der Waals surface area contributed by atoms with Gasteiger partial charge in [0.2, 0.25) is 0 Å². The Morgan fingerprint density at radius 1 is 1.14 bits per heavy atom. The topological polar surface area (TPSA) is 38.0 Å². The van der Waals surface area contributed by atoms with Crippen molar-refractivity contribution in [2.75, 3.05) is 11.1 Å². The van der Waals surface area contributed by atoms with Crippen LogP contribution in [0.2, 0.25) is 0 Å². The minimum Gasteiger partial charge on any atom is -0.399 e. The summed E-state index contributed by atoms with van der Waals surface area (Å²) < 4.78 is 26.3. The number of hydrogen-bond donors (Lipinski definition) is 2. The summed E-state index contributed by atoms with van der Waals surface area (Å²) in [6, 6.07) is 4.93. The van der Waals surface area contributed by atoms with E-state index in [1.54, 1.807) is 12.1 Å². The predicted molar refractivity (Wildman–Crippen MR) is 84.6 cm³/mol. The van der Waals surface area contributed by atoms with Crippen LogP contribution < -0.4 is 11.1 Å². The quantitative estimate of drug-likeness (QED) is 0.750. The van der Waals surface area contributed by atoms with Crippen LogP contribution in [0.1, 0.15) is 58.9 Å². The van der Waals surface area contributed by atoms with Crippen LogP contribution in [0.4, 0.5) is 20.2 Å². The second-order valence-electron chi connectivity index (χ2n) is 7.90. The molecule has 3 N–H and O–H groups in total. The first-order chi connectivity index (χ1) is 9.58. The highest BCUT2D eigenvalue weighted by molar-refractivity contribution is 5.59. The third-order valence-corrected chi connectivity index (χ3v) is 4.23. The maximum absolute atomic E-state index is 13.2. The van der Waals surface area contributed by atoms with Crippen LogP contribution in [0.25, 0.3) is 0 Å². The highest BCUT2D eigenvalue weighted by Gasteiger charge is 2.38. The number of nitrogens with two attached hydrogens (primary N) is 1. The van der Waals surface area contributed by atoms with E-state index >= 15 is 0 Å². The lowest BCUT2D eigenvalue weighted by Crippen LogP contribution is -2.40. The molecule has 0 amide bonds. The van der Waals surface area contributed by atoms with E-state index in [4.69, 9.17) is 5.73 Å². The van der Waals surface area contributed by atoms with Gasteiger partial charge in [0.1, 0.15) is 0 Å². The summed E-state index contributed by atoms with van der Waals surface area (Å²) in [5.74, 6) is 0. The molecule has 0 aromatic heterocycles. The summed E-state index contributed by atoms with van der Waals surface area (Å²) >= 11 is 0. The highest BCUT2D eigenvalue weighted by atomic mass is 19.3. The molecule has 4 heteroatoms. The summed E-state index contributed by atoms with van der Waals surface area (Å²) in [7, 11) is 0. The monoisotopic (exact) mass is 296 g/mol. The third-order valence-electron chi connectivity index (χ3n) is 4.23. The molecule has 118 valence electrons. The number of hydrogen-bond acceptors (Lipinski definition) is 2. The number of nitrogens with one attached hydrogen (secondary N) is 1. The molecule has 1 aliphatic carbocycles. The van der Waals surface area contributed by atoms with Crippen molar-refractivity contribution < 1.29 is 8.78 Å². The minimum absolute atomic E-state index is 0.00353. The molecular formula is C17H26F2N2. The van der Waals surface area contributed by atoms with Crippen molar-refractivity contribution >= 4 is 11.4 Å². The maximum atomic E-state index is 13.2. The van der Waals surface area contributed by atoms with Gasteiger partial charge in [0.05, 0.1) is 0 Å². The van der Waals surface area contributed by atoms with Gasteiger partial charge in [-0.25, -0.2) is 8.78 Å². The summed E-state index contributed by atoms with van der Waals surface area (Å²) in [6.07, 6.45) is 0.620. The van der Waals surface area contributed by atoms with E-state index in [-0.39, 0.29) is 22.4 Å². The fraction of sp³-hybridized carbons (Fsp3) is 0.647. The lowest BCUT2D eigenvalue weighted by Gasteiger charge is -2.45. The summed E-state index contributed by atoms with van der Waals surface area (Å²) in [4.78, 5) is 0. The van der Waals surface area contributed by atoms with Gasteiger partial charge < -0.3 is 11.1 Å². The molecule has 0 radical (unpaired) electrons. The molecule has 1 aromatic carbocycles. The third kappa shape index (κ3) is 4.08. The maximum Gasteiger partial charge on any atom is 0.265 e. The molecule has 2 nitrogen and oxygen atoms in total. The summed E-state index contributed by atoms with van der Waals surface area (Å²) in [6.45, 7) is 9.00. The van der Waals surface area contributed by atoms with Crippen molar-refractivity contribution in [2.24, 2.45) is 10.8 Å². The van der Waals surface area contributed by atoms with E-state index in [9.17, 15) is 8.78 Å².